The van der Waals surface area contributed by atoms with Crippen LogP contribution >= 0.6 is 11.3 Å². The third-order valence-corrected chi connectivity index (χ3v) is 6.43. The van der Waals surface area contributed by atoms with E-state index in [1.54, 1.807) is 30.5 Å². The third-order valence-electron chi connectivity index (χ3n) is 5.54. The average Bonchev–Trinajstić information content (AvgIpc) is 3.27. The van der Waals surface area contributed by atoms with Crippen molar-refractivity contribution in [3.63, 3.8) is 0 Å². The lowest BCUT2D eigenvalue weighted by Crippen LogP contribution is -2.26. The predicted octanol–water partition coefficient (Wildman–Crippen LogP) is 5.07. The van der Waals surface area contributed by atoms with E-state index >= 15 is 0 Å². The van der Waals surface area contributed by atoms with Crippen LogP contribution in [0.15, 0.2) is 58.7 Å². The van der Waals surface area contributed by atoms with E-state index in [9.17, 15) is 14.4 Å². The van der Waals surface area contributed by atoms with Gasteiger partial charge in [0, 0.05) is 10.8 Å². The highest BCUT2D eigenvalue weighted by Crippen LogP contribution is 2.31. The molecule has 0 bridgehead atoms. The molecule has 2 heterocycles. The number of aromatic nitrogens is 2. The number of amides is 1. The molecule has 0 radical (unpaired) electrons. The number of nitrogens with one attached hydrogen (secondary N) is 1. The molecule has 9 heteroatoms. The fourth-order valence-corrected chi connectivity index (χ4v) is 4.64. The van der Waals surface area contributed by atoms with Crippen molar-refractivity contribution in [2.45, 2.75) is 33.6 Å². The first-order valence-corrected chi connectivity index (χ1v) is 12.5. The van der Waals surface area contributed by atoms with Crippen molar-refractivity contribution in [2.24, 2.45) is 0 Å². The van der Waals surface area contributed by atoms with Gasteiger partial charge in [-0.2, -0.15) is 9.78 Å². The van der Waals surface area contributed by atoms with Gasteiger partial charge in [0.15, 0.2) is 12.3 Å². The zero-order chi connectivity index (χ0) is 25.8. The number of hydrogen-bond donors (Lipinski definition) is 1. The Hall–Kier alpha value is -3.98. The van der Waals surface area contributed by atoms with Gasteiger partial charge in [-0.15, -0.1) is 11.3 Å². The summed E-state index contributed by atoms with van der Waals surface area (Å²) >= 11 is 1.14. The Morgan fingerprint density at radius 1 is 1.14 bits per heavy atom. The van der Waals surface area contributed by atoms with Crippen LogP contribution < -0.4 is 15.6 Å². The summed E-state index contributed by atoms with van der Waals surface area (Å²) in [6.45, 7) is 7.71. The number of carbonyl (C=O) groups excluding carboxylic acids is 2. The minimum atomic E-state index is -0.645. The minimum Gasteiger partial charge on any atom is -0.484 e. The molecule has 0 saturated carbocycles. The summed E-state index contributed by atoms with van der Waals surface area (Å²) in [4.78, 5) is 38.9. The number of nitrogens with zero attached hydrogens (tertiary/aromatic N) is 2. The first-order chi connectivity index (χ1) is 17.3. The molecule has 36 heavy (non-hydrogen) atoms. The second-order valence-corrected chi connectivity index (χ2v) is 9.42. The fraction of sp³-hybridized carbons (Fsp3) is 0.259. The Labute approximate surface area is 212 Å². The Morgan fingerprint density at radius 3 is 2.56 bits per heavy atom. The predicted molar refractivity (Wildman–Crippen MR) is 141 cm³/mol. The number of benzene rings is 2. The molecule has 0 aliphatic carbocycles. The largest absolute Gasteiger partial charge is 0.484 e. The number of anilines is 1. The maximum absolute atomic E-state index is 13.5. The number of esters is 1. The lowest BCUT2D eigenvalue weighted by atomic mass is 10.0. The van der Waals surface area contributed by atoms with Crippen molar-refractivity contribution < 1.29 is 19.1 Å². The van der Waals surface area contributed by atoms with E-state index in [1.807, 2.05) is 37.3 Å². The highest BCUT2D eigenvalue weighted by Gasteiger charge is 2.23. The van der Waals surface area contributed by atoms with Gasteiger partial charge in [0.2, 0.25) is 0 Å². The van der Waals surface area contributed by atoms with E-state index < -0.39 is 17.4 Å². The van der Waals surface area contributed by atoms with Gasteiger partial charge in [0.25, 0.3) is 11.5 Å². The number of thiophene rings is 1. The maximum atomic E-state index is 13.5. The van der Waals surface area contributed by atoms with E-state index in [0.717, 1.165) is 22.5 Å². The van der Waals surface area contributed by atoms with Crippen molar-refractivity contribution in [3.05, 3.63) is 81.1 Å². The lowest BCUT2D eigenvalue weighted by Gasteiger charge is -2.11. The second kappa shape index (κ2) is 10.7. The first kappa shape index (κ1) is 25.1. The number of rotatable bonds is 8. The highest BCUT2D eigenvalue weighted by atomic mass is 32.1. The summed E-state index contributed by atoms with van der Waals surface area (Å²) in [5.41, 5.74) is 2.18. The van der Waals surface area contributed by atoms with E-state index in [4.69, 9.17) is 9.47 Å². The third kappa shape index (κ3) is 5.31. The van der Waals surface area contributed by atoms with Crippen molar-refractivity contribution >= 4 is 39.0 Å². The van der Waals surface area contributed by atoms with Gasteiger partial charge in [0.1, 0.15) is 10.8 Å². The minimum absolute atomic E-state index is 0.00662. The van der Waals surface area contributed by atoms with Gasteiger partial charge in [-0.05, 0) is 55.2 Å². The molecule has 4 rings (SSSR count). The summed E-state index contributed by atoms with van der Waals surface area (Å²) in [5.74, 6) is -0.181. The zero-order valence-electron chi connectivity index (χ0n) is 20.5. The van der Waals surface area contributed by atoms with Gasteiger partial charge in [-0.3, -0.25) is 9.59 Å². The quantitative estimate of drug-likeness (QED) is 0.336. The summed E-state index contributed by atoms with van der Waals surface area (Å²) < 4.78 is 11.9. The molecule has 2 aromatic heterocycles. The van der Waals surface area contributed by atoms with E-state index in [1.165, 1.54) is 4.68 Å². The zero-order valence-corrected chi connectivity index (χ0v) is 21.3. The molecule has 8 nitrogen and oxygen atoms in total. The molecule has 0 aliphatic heterocycles. The van der Waals surface area contributed by atoms with Gasteiger partial charge in [-0.1, -0.05) is 38.1 Å². The van der Waals surface area contributed by atoms with Gasteiger partial charge in [0.05, 0.1) is 17.7 Å². The molecule has 0 atom stereocenters. The van der Waals surface area contributed by atoms with Crippen molar-refractivity contribution in [1.82, 2.24) is 9.78 Å². The summed E-state index contributed by atoms with van der Waals surface area (Å²) in [5, 5.41) is 9.55. The smallest absolute Gasteiger partial charge is 0.359 e. The van der Waals surface area contributed by atoms with Crippen LogP contribution in [0.5, 0.6) is 5.75 Å². The van der Waals surface area contributed by atoms with Crippen LogP contribution in [0.25, 0.3) is 16.5 Å². The SMILES string of the molecule is CCOC(=O)c1nn(-c2ccc(C(C)C)cc2)c(=O)c2c(NC(=O)COc3cccc(C)c3)scc12. The van der Waals surface area contributed by atoms with Crippen molar-refractivity contribution in [3.8, 4) is 11.4 Å². The molecule has 0 unspecified atom stereocenters. The molecule has 0 saturated heterocycles. The van der Waals surface area contributed by atoms with Crippen LogP contribution in [0, 0.1) is 6.92 Å². The average molecular weight is 506 g/mol. The van der Waals surface area contributed by atoms with Crippen LogP contribution in [0.4, 0.5) is 5.00 Å². The van der Waals surface area contributed by atoms with Crippen LogP contribution in [-0.4, -0.2) is 34.9 Å². The number of aryl methyl sites for hydroxylation is 1. The Kier molecular flexibility index (Phi) is 7.49. The van der Waals surface area contributed by atoms with Crippen LogP contribution in [0.2, 0.25) is 0 Å². The van der Waals surface area contributed by atoms with Crippen LogP contribution in [0.3, 0.4) is 0 Å². The molecule has 4 aromatic rings. The van der Waals surface area contributed by atoms with Crippen molar-refractivity contribution in [2.75, 3.05) is 18.5 Å². The topological polar surface area (TPSA) is 99.5 Å². The van der Waals surface area contributed by atoms with Gasteiger partial charge >= 0.3 is 5.97 Å². The van der Waals surface area contributed by atoms with E-state index in [0.29, 0.717) is 27.7 Å². The normalized spacial score (nSPS) is 11.0. The highest BCUT2D eigenvalue weighted by molar-refractivity contribution is 7.16. The summed E-state index contributed by atoms with van der Waals surface area (Å²) in [7, 11) is 0. The molecular formula is C27H27N3O5S. The van der Waals surface area contributed by atoms with Gasteiger partial charge in [-0.25, -0.2) is 4.79 Å². The molecule has 186 valence electrons. The van der Waals surface area contributed by atoms with E-state index in [-0.39, 0.29) is 24.3 Å². The number of fused-ring (bicyclic) bond motifs is 1. The number of ether oxygens (including phenoxy) is 2. The standard InChI is InChI=1S/C27H27N3O5S/c1-5-34-27(33)24-21-15-36-25(28-22(31)14-35-20-8-6-7-17(4)13-20)23(21)26(32)30(29-24)19-11-9-18(10-12-19)16(2)3/h6-13,15-16H,5,14H2,1-4H3,(H,28,31). The number of hydrogen-bond acceptors (Lipinski definition) is 7. The molecule has 1 N–H and O–H groups in total. The lowest BCUT2D eigenvalue weighted by molar-refractivity contribution is -0.118. The van der Waals surface area contributed by atoms with Crippen molar-refractivity contribution in [1.29, 1.82) is 0 Å². The van der Waals surface area contributed by atoms with Crippen LogP contribution in [-0.2, 0) is 9.53 Å². The van der Waals surface area contributed by atoms with Gasteiger partial charge < -0.3 is 14.8 Å². The molecule has 0 fully saturated rings. The summed E-state index contributed by atoms with van der Waals surface area (Å²) in [6, 6.07) is 14.8. The monoisotopic (exact) mass is 505 g/mol. The molecule has 2 aromatic carbocycles. The molecule has 0 aliphatic rings. The number of carbonyl (C=O) groups is 2. The molecule has 1 amide bonds. The molecular weight excluding hydrogens is 478 g/mol. The summed E-state index contributed by atoms with van der Waals surface area (Å²) in [6.07, 6.45) is 0. The molecule has 0 spiro atoms. The Balaban J connectivity index is 1.71. The Morgan fingerprint density at radius 2 is 1.89 bits per heavy atom. The van der Waals surface area contributed by atoms with Crippen LogP contribution in [0.1, 0.15) is 48.3 Å². The first-order valence-electron chi connectivity index (χ1n) is 11.6. The Bertz CT molecular complexity index is 1470. The maximum Gasteiger partial charge on any atom is 0.359 e. The second-order valence-electron chi connectivity index (χ2n) is 8.54. The fourth-order valence-electron chi connectivity index (χ4n) is 3.68. The van der Waals surface area contributed by atoms with E-state index in [2.05, 4.69) is 24.3 Å².